The minimum atomic E-state index is -4.47. The number of nitrogens with zero attached hydrogens (tertiary/aromatic N) is 3. The molecule has 27 heavy (non-hydrogen) atoms. The molecule has 0 spiro atoms. The van der Waals surface area contributed by atoms with Gasteiger partial charge < -0.3 is 15.8 Å². The minimum absolute atomic E-state index is 0.00194. The summed E-state index contributed by atoms with van der Waals surface area (Å²) < 4.78 is 44.3. The van der Waals surface area contributed by atoms with E-state index in [-0.39, 0.29) is 23.7 Å². The van der Waals surface area contributed by atoms with Gasteiger partial charge in [0.25, 0.3) is 0 Å². The second-order valence-corrected chi connectivity index (χ2v) is 5.85. The molecule has 2 aromatic heterocycles. The number of halogens is 3. The molecule has 0 atom stereocenters. The minimum Gasteiger partial charge on any atom is -0.382 e. The standard InChI is InChI=1S/C17H17F3N6O/c1-9-5-13(26-25-9)23-14-7-22-15(16(21)24-14)10-3-4-12(17(18,19)20)11(6-10)8-27-2/h3-7H,8H2,1-2H3,(H4,21,23,24,25,26). The molecule has 0 aliphatic heterocycles. The van der Waals surface area contributed by atoms with Crippen LogP contribution in [0.1, 0.15) is 16.8 Å². The number of benzene rings is 1. The third kappa shape index (κ3) is 4.17. The summed E-state index contributed by atoms with van der Waals surface area (Å²) in [6.07, 6.45) is -3.04. The average molecular weight is 378 g/mol. The Hall–Kier alpha value is -3.14. The molecule has 0 amide bonds. The zero-order valence-corrected chi connectivity index (χ0v) is 14.6. The lowest BCUT2D eigenvalue weighted by atomic mass is 10.0. The Morgan fingerprint density at radius 2 is 2.00 bits per heavy atom. The van der Waals surface area contributed by atoms with E-state index >= 15 is 0 Å². The molecule has 4 N–H and O–H groups in total. The summed E-state index contributed by atoms with van der Waals surface area (Å²) in [6.45, 7) is 1.66. The van der Waals surface area contributed by atoms with Crippen LogP contribution < -0.4 is 11.1 Å². The molecule has 2 heterocycles. The van der Waals surface area contributed by atoms with Crippen LogP contribution in [0.4, 0.5) is 30.6 Å². The van der Waals surface area contributed by atoms with E-state index in [9.17, 15) is 13.2 Å². The molecule has 142 valence electrons. The van der Waals surface area contributed by atoms with Gasteiger partial charge in [0, 0.05) is 24.4 Å². The molecule has 0 saturated heterocycles. The first-order valence-corrected chi connectivity index (χ1v) is 7.89. The first kappa shape index (κ1) is 18.6. The zero-order valence-electron chi connectivity index (χ0n) is 14.6. The number of nitrogens with one attached hydrogen (secondary N) is 2. The summed E-state index contributed by atoms with van der Waals surface area (Å²) in [5.41, 5.74) is 6.77. The van der Waals surface area contributed by atoms with Crippen LogP contribution >= 0.6 is 0 Å². The molecule has 3 rings (SSSR count). The Bertz CT molecular complexity index is 954. The van der Waals surface area contributed by atoms with E-state index in [0.29, 0.717) is 17.2 Å². The van der Waals surface area contributed by atoms with E-state index in [1.807, 2.05) is 6.92 Å². The topological polar surface area (TPSA) is 102 Å². The number of alkyl halides is 3. The molecule has 1 aromatic carbocycles. The predicted octanol–water partition coefficient (Wildman–Crippen LogP) is 3.67. The number of aromatic amines is 1. The van der Waals surface area contributed by atoms with Crippen molar-refractivity contribution in [2.75, 3.05) is 18.2 Å². The number of aromatic nitrogens is 4. The summed E-state index contributed by atoms with van der Waals surface area (Å²) in [6, 6.07) is 5.44. The lowest BCUT2D eigenvalue weighted by molar-refractivity contribution is -0.138. The Morgan fingerprint density at radius 1 is 1.22 bits per heavy atom. The molecule has 3 aromatic rings. The van der Waals surface area contributed by atoms with E-state index in [4.69, 9.17) is 10.5 Å². The summed E-state index contributed by atoms with van der Waals surface area (Å²) in [5, 5.41) is 9.74. The normalized spacial score (nSPS) is 11.6. The number of anilines is 3. The van der Waals surface area contributed by atoms with E-state index in [1.165, 1.54) is 25.4 Å². The summed E-state index contributed by atoms with van der Waals surface area (Å²) >= 11 is 0. The highest BCUT2D eigenvalue weighted by Crippen LogP contribution is 2.35. The third-order valence-electron chi connectivity index (χ3n) is 3.75. The lowest BCUT2D eigenvalue weighted by Gasteiger charge is -2.14. The third-order valence-corrected chi connectivity index (χ3v) is 3.75. The van der Waals surface area contributed by atoms with Crippen molar-refractivity contribution in [3.63, 3.8) is 0 Å². The molecular formula is C17H17F3N6O. The fourth-order valence-electron chi connectivity index (χ4n) is 2.59. The second-order valence-electron chi connectivity index (χ2n) is 5.85. The van der Waals surface area contributed by atoms with Gasteiger partial charge in [0.05, 0.1) is 18.4 Å². The number of hydrogen-bond acceptors (Lipinski definition) is 6. The van der Waals surface area contributed by atoms with Crippen LogP contribution in [0, 0.1) is 6.92 Å². The maximum Gasteiger partial charge on any atom is 0.416 e. The monoisotopic (exact) mass is 378 g/mol. The first-order chi connectivity index (χ1) is 12.8. The van der Waals surface area contributed by atoms with E-state index in [1.54, 1.807) is 6.07 Å². The quantitative estimate of drug-likeness (QED) is 0.626. The molecule has 7 nitrogen and oxygen atoms in total. The number of methoxy groups -OCH3 is 1. The zero-order chi connectivity index (χ0) is 19.6. The number of nitrogen functional groups attached to an aromatic ring is 1. The fraction of sp³-hybridized carbons (Fsp3) is 0.235. The molecule has 10 heteroatoms. The van der Waals surface area contributed by atoms with Gasteiger partial charge in [-0.25, -0.2) is 9.97 Å². The number of ether oxygens (including phenoxy) is 1. The number of H-pyrrole nitrogens is 1. The number of aryl methyl sites for hydroxylation is 1. The summed E-state index contributed by atoms with van der Waals surface area (Å²) in [5.74, 6) is 0.994. The van der Waals surface area contributed by atoms with Gasteiger partial charge in [-0.3, -0.25) is 5.10 Å². The summed E-state index contributed by atoms with van der Waals surface area (Å²) in [4.78, 5) is 8.43. The van der Waals surface area contributed by atoms with Gasteiger partial charge >= 0.3 is 6.18 Å². The Balaban J connectivity index is 1.92. The van der Waals surface area contributed by atoms with E-state index < -0.39 is 11.7 Å². The molecular weight excluding hydrogens is 361 g/mol. The molecule has 0 fully saturated rings. The predicted molar refractivity (Wildman–Crippen MR) is 94.2 cm³/mol. The van der Waals surface area contributed by atoms with Crippen molar-refractivity contribution in [1.82, 2.24) is 20.2 Å². The second kappa shape index (κ2) is 7.23. The van der Waals surface area contributed by atoms with Crippen LogP contribution in [-0.2, 0) is 17.5 Å². The molecule has 0 radical (unpaired) electrons. The van der Waals surface area contributed by atoms with E-state index in [2.05, 4.69) is 25.5 Å². The Morgan fingerprint density at radius 3 is 2.59 bits per heavy atom. The van der Waals surface area contributed by atoms with Gasteiger partial charge in [0.1, 0.15) is 5.69 Å². The largest absolute Gasteiger partial charge is 0.416 e. The van der Waals surface area contributed by atoms with Crippen LogP contribution in [0.2, 0.25) is 0 Å². The van der Waals surface area contributed by atoms with Crippen molar-refractivity contribution >= 4 is 17.5 Å². The van der Waals surface area contributed by atoms with Crippen LogP contribution in [0.3, 0.4) is 0 Å². The average Bonchev–Trinajstić information content (AvgIpc) is 2.99. The van der Waals surface area contributed by atoms with Crippen molar-refractivity contribution in [1.29, 1.82) is 0 Å². The smallest absolute Gasteiger partial charge is 0.382 e. The van der Waals surface area contributed by atoms with Gasteiger partial charge in [-0.1, -0.05) is 6.07 Å². The van der Waals surface area contributed by atoms with Crippen molar-refractivity contribution in [2.24, 2.45) is 0 Å². The maximum absolute atomic E-state index is 13.1. The number of hydrogen-bond donors (Lipinski definition) is 3. The highest BCUT2D eigenvalue weighted by molar-refractivity contribution is 5.72. The van der Waals surface area contributed by atoms with Gasteiger partial charge in [-0.2, -0.15) is 18.3 Å². The lowest BCUT2D eigenvalue weighted by Crippen LogP contribution is -2.10. The first-order valence-electron chi connectivity index (χ1n) is 7.89. The number of rotatable bonds is 5. The van der Waals surface area contributed by atoms with Crippen LogP contribution in [-0.4, -0.2) is 27.3 Å². The molecule has 0 aliphatic rings. The number of nitrogens with two attached hydrogens (primary N) is 1. The van der Waals surface area contributed by atoms with E-state index in [0.717, 1.165) is 11.8 Å². The molecule has 0 unspecified atom stereocenters. The van der Waals surface area contributed by atoms with Crippen LogP contribution in [0.25, 0.3) is 11.3 Å². The summed E-state index contributed by atoms with van der Waals surface area (Å²) in [7, 11) is 1.33. The highest BCUT2D eigenvalue weighted by Gasteiger charge is 2.33. The SMILES string of the molecule is COCc1cc(-c2ncc(Nc3cc(C)[nH]n3)nc2N)ccc1C(F)(F)F. The highest BCUT2D eigenvalue weighted by atomic mass is 19.4. The van der Waals surface area contributed by atoms with Crippen molar-refractivity contribution in [3.05, 3.63) is 47.3 Å². The Kier molecular flexibility index (Phi) is 5.00. The van der Waals surface area contributed by atoms with Gasteiger partial charge in [-0.05, 0) is 24.6 Å². The maximum atomic E-state index is 13.1. The molecule has 0 saturated carbocycles. The van der Waals surface area contributed by atoms with Gasteiger partial charge in [0.15, 0.2) is 17.5 Å². The van der Waals surface area contributed by atoms with Crippen LogP contribution in [0.15, 0.2) is 30.5 Å². The Labute approximate surface area is 152 Å². The van der Waals surface area contributed by atoms with Crippen LogP contribution in [0.5, 0.6) is 0 Å². The van der Waals surface area contributed by atoms with Crippen molar-refractivity contribution in [3.8, 4) is 11.3 Å². The van der Waals surface area contributed by atoms with Crippen molar-refractivity contribution in [2.45, 2.75) is 19.7 Å². The van der Waals surface area contributed by atoms with Gasteiger partial charge in [-0.15, -0.1) is 0 Å². The molecule has 0 aliphatic carbocycles. The van der Waals surface area contributed by atoms with Gasteiger partial charge in [0.2, 0.25) is 0 Å². The fourth-order valence-corrected chi connectivity index (χ4v) is 2.59. The van der Waals surface area contributed by atoms with Crippen molar-refractivity contribution < 1.29 is 17.9 Å². The molecule has 0 bridgehead atoms.